The van der Waals surface area contributed by atoms with E-state index in [1.54, 1.807) is 20.9 Å². The second-order valence-electron chi connectivity index (χ2n) is 4.39. The molecule has 108 valence electrons. The predicted octanol–water partition coefficient (Wildman–Crippen LogP) is 1.68. The highest BCUT2D eigenvalue weighted by atomic mass is 32.2. The summed E-state index contributed by atoms with van der Waals surface area (Å²) in [7, 11) is -2.33. The predicted molar refractivity (Wildman–Crippen MR) is 71.6 cm³/mol. The van der Waals surface area contributed by atoms with Gasteiger partial charge in [0.05, 0.1) is 17.1 Å². The van der Waals surface area contributed by atoms with Crippen molar-refractivity contribution in [1.82, 2.24) is 9.78 Å². The third-order valence-corrected chi connectivity index (χ3v) is 4.53. The molecule has 0 radical (unpaired) electrons. The van der Waals surface area contributed by atoms with E-state index in [4.69, 9.17) is 0 Å². The summed E-state index contributed by atoms with van der Waals surface area (Å²) in [5, 5.41) is 13.6. The van der Waals surface area contributed by atoms with Crippen LogP contribution in [0, 0.1) is 19.7 Å². The van der Waals surface area contributed by atoms with Gasteiger partial charge >= 0.3 is 0 Å². The van der Waals surface area contributed by atoms with Crippen molar-refractivity contribution >= 4 is 15.7 Å². The summed E-state index contributed by atoms with van der Waals surface area (Å²) in [6.07, 6.45) is 0. The Balaban J connectivity index is 2.49. The van der Waals surface area contributed by atoms with E-state index in [0.29, 0.717) is 11.4 Å². The van der Waals surface area contributed by atoms with Crippen LogP contribution in [-0.2, 0) is 17.1 Å². The van der Waals surface area contributed by atoms with Crippen LogP contribution in [0.2, 0.25) is 0 Å². The van der Waals surface area contributed by atoms with Crippen molar-refractivity contribution in [2.45, 2.75) is 18.7 Å². The number of hydrogen-bond donors (Lipinski definition) is 2. The maximum atomic E-state index is 13.1. The molecule has 0 aliphatic carbocycles. The first-order valence-corrected chi connectivity index (χ1v) is 7.22. The van der Waals surface area contributed by atoms with Crippen molar-refractivity contribution in [2.24, 2.45) is 7.05 Å². The van der Waals surface area contributed by atoms with Gasteiger partial charge in [0, 0.05) is 13.1 Å². The van der Waals surface area contributed by atoms with Crippen LogP contribution in [-0.4, -0.2) is 23.3 Å². The molecular weight excluding hydrogens is 285 g/mol. The number of aromatic hydroxyl groups is 1. The highest BCUT2D eigenvalue weighted by molar-refractivity contribution is 7.92. The fourth-order valence-corrected chi connectivity index (χ4v) is 3.43. The van der Waals surface area contributed by atoms with Gasteiger partial charge in [-0.05, 0) is 26.0 Å². The SMILES string of the molecule is Cc1nn(C)c(C)c1S(=O)(=O)Nc1cc(F)ccc1O. The summed E-state index contributed by atoms with van der Waals surface area (Å²) in [6.45, 7) is 3.17. The van der Waals surface area contributed by atoms with Gasteiger partial charge in [0.25, 0.3) is 10.0 Å². The molecule has 1 aromatic heterocycles. The van der Waals surface area contributed by atoms with Crippen LogP contribution in [0.4, 0.5) is 10.1 Å². The minimum absolute atomic E-state index is 0.0173. The lowest BCUT2D eigenvalue weighted by Gasteiger charge is -2.10. The first-order chi connectivity index (χ1) is 9.22. The summed E-state index contributed by atoms with van der Waals surface area (Å²) in [5.41, 5.74) is 0.562. The van der Waals surface area contributed by atoms with Crippen molar-refractivity contribution in [3.8, 4) is 5.75 Å². The van der Waals surface area contributed by atoms with Crippen molar-refractivity contribution in [3.05, 3.63) is 35.4 Å². The Morgan fingerprint density at radius 3 is 2.55 bits per heavy atom. The van der Waals surface area contributed by atoms with E-state index in [-0.39, 0.29) is 16.3 Å². The van der Waals surface area contributed by atoms with Crippen LogP contribution in [0.25, 0.3) is 0 Å². The molecule has 0 unspecified atom stereocenters. The third-order valence-electron chi connectivity index (χ3n) is 2.91. The standard InChI is InChI=1S/C12H14FN3O3S/c1-7-12(8(2)16(3)14-7)20(18,19)15-10-6-9(13)4-5-11(10)17/h4-6,15,17H,1-3H3. The van der Waals surface area contributed by atoms with Gasteiger partial charge in [0.15, 0.2) is 0 Å². The van der Waals surface area contributed by atoms with Crippen LogP contribution < -0.4 is 4.72 Å². The lowest BCUT2D eigenvalue weighted by atomic mass is 10.3. The second kappa shape index (κ2) is 4.78. The van der Waals surface area contributed by atoms with E-state index < -0.39 is 15.8 Å². The molecule has 2 rings (SSSR count). The molecule has 0 spiro atoms. The van der Waals surface area contributed by atoms with Crippen LogP contribution in [0.1, 0.15) is 11.4 Å². The molecule has 1 aromatic carbocycles. The lowest BCUT2D eigenvalue weighted by molar-refractivity contribution is 0.475. The molecular formula is C12H14FN3O3S. The third kappa shape index (κ3) is 2.46. The molecule has 6 nitrogen and oxygen atoms in total. The van der Waals surface area contributed by atoms with E-state index in [2.05, 4.69) is 9.82 Å². The second-order valence-corrected chi connectivity index (χ2v) is 6.01. The average molecular weight is 299 g/mol. The van der Waals surface area contributed by atoms with Crippen LogP contribution in [0.3, 0.4) is 0 Å². The van der Waals surface area contributed by atoms with Gasteiger partial charge < -0.3 is 5.11 Å². The molecule has 0 atom stereocenters. The van der Waals surface area contributed by atoms with Gasteiger partial charge in [-0.25, -0.2) is 12.8 Å². The number of hydrogen-bond acceptors (Lipinski definition) is 4. The van der Waals surface area contributed by atoms with Gasteiger partial charge in [0.1, 0.15) is 16.5 Å². The lowest BCUT2D eigenvalue weighted by Crippen LogP contribution is -2.15. The maximum Gasteiger partial charge on any atom is 0.265 e. The van der Waals surface area contributed by atoms with E-state index in [1.165, 1.54) is 4.68 Å². The first-order valence-electron chi connectivity index (χ1n) is 5.74. The zero-order valence-corrected chi connectivity index (χ0v) is 12.0. The Morgan fingerprint density at radius 1 is 1.35 bits per heavy atom. The van der Waals surface area contributed by atoms with Gasteiger partial charge in [-0.3, -0.25) is 9.40 Å². The molecule has 2 aromatic rings. The molecule has 1 heterocycles. The Bertz CT molecular complexity index is 768. The maximum absolute atomic E-state index is 13.1. The van der Waals surface area contributed by atoms with Crippen molar-refractivity contribution < 1.29 is 17.9 Å². The normalized spacial score (nSPS) is 11.6. The van der Waals surface area contributed by atoms with Crippen molar-refractivity contribution in [1.29, 1.82) is 0 Å². The number of halogens is 1. The van der Waals surface area contributed by atoms with E-state index >= 15 is 0 Å². The molecule has 0 saturated carbocycles. The van der Waals surface area contributed by atoms with Gasteiger partial charge in [-0.2, -0.15) is 5.10 Å². The number of sulfonamides is 1. The number of aromatic nitrogens is 2. The molecule has 20 heavy (non-hydrogen) atoms. The number of phenolic OH excluding ortho intramolecular Hbond substituents is 1. The fraction of sp³-hybridized carbons (Fsp3) is 0.250. The molecule has 0 bridgehead atoms. The monoisotopic (exact) mass is 299 g/mol. The number of nitrogens with one attached hydrogen (secondary N) is 1. The van der Waals surface area contributed by atoms with Crippen LogP contribution >= 0.6 is 0 Å². The molecule has 0 aliphatic rings. The Kier molecular flexibility index (Phi) is 3.43. The zero-order chi connectivity index (χ0) is 15.1. The summed E-state index contributed by atoms with van der Waals surface area (Å²) < 4.78 is 41.4. The minimum atomic E-state index is -3.95. The Morgan fingerprint density at radius 2 is 2.00 bits per heavy atom. The molecule has 2 N–H and O–H groups in total. The summed E-state index contributed by atoms with van der Waals surface area (Å²) >= 11 is 0. The first kappa shape index (κ1) is 14.3. The van der Waals surface area contributed by atoms with E-state index in [9.17, 15) is 17.9 Å². The van der Waals surface area contributed by atoms with E-state index in [0.717, 1.165) is 18.2 Å². The topological polar surface area (TPSA) is 84.2 Å². The molecule has 0 saturated heterocycles. The number of rotatable bonds is 3. The highest BCUT2D eigenvalue weighted by Crippen LogP contribution is 2.28. The Hall–Kier alpha value is -2.09. The average Bonchev–Trinajstić information content (AvgIpc) is 2.58. The summed E-state index contributed by atoms with van der Waals surface area (Å²) in [5.74, 6) is -1.01. The smallest absolute Gasteiger partial charge is 0.265 e. The number of aryl methyl sites for hydroxylation is 2. The number of anilines is 1. The summed E-state index contributed by atoms with van der Waals surface area (Å²) in [4.78, 5) is 0.0173. The molecule has 8 heteroatoms. The number of nitrogens with zero attached hydrogens (tertiary/aromatic N) is 2. The Labute approximate surface area is 115 Å². The van der Waals surface area contributed by atoms with Gasteiger partial charge in [-0.15, -0.1) is 0 Å². The minimum Gasteiger partial charge on any atom is -0.506 e. The van der Waals surface area contributed by atoms with Gasteiger partial charge in [0.2, 0.25) is 0 Å². The zero-order valence-electron chi connectivity index (χ0n) is 11.2. The number of benzene rings is 1. The fourth-order valence-electron chi connectivity index (χ4n) is 1.93. The largest absolute Gasteiger partial charge is 0.506 e. The summed E-state index contributed by atoms with van der Waals surface area (Å²) in [6, 6.07) is 3.03. The van der Waals surface area contributed by atoms with Crippen LogP contribution in [0.5, 0.6) is 5.75 Å². The molecule has 0 amide bonds. The van der Waals surface area contributed by atoms with E-state index in [1.807, 2.05) is 0 Å². The quantitative estimate of drug-likeness (QED) is 0.845. The molecule has 0 aliphatic heterocycles. The van der Waals surface area contributed by atoms with Crippen molar-refractivity contribution in [2.75, 3.05) is 4.72 Å². The molecule has 0 fully saturated rings. The van der Waals surface area contributed by atoms with Crippen molar-refractivity contribution in [3.63, 3.8) is 0 Å². The number of phenols is 1. The van der Waals surface area contributed by atoms with Crippen LogP contribution in [0.15, 0.2) is 23.1 Å². The highest BCUT2D eigenvalue weighted by Gasteiger charge is 2.24. The van der Waals surface area contributed by atoms with Gasteiger partial charge in [-0.1, -0.05) is 0 Å².